The molecule has 0 spiro atoms. The second-order valence-corrected chi connectivity index (χ2v) is 5.15. The van der Waals surface area contributed by atoms with Crippen molar-refractivity contribution in [1.82, 2.24) is 0 Å². The molecule has 0 bridgehead atoms. The number of ether oxygens (including phenoxy) is 2. The molecule has 19 heavy (non-hydrogen) atoms. The second-order valence-electron chi connectivity index (χ2n) is 5.15. The number of carbonyl (C=O) groups excluding carboxylic acids is 1. The van der Waals surface area contributed by atoms with Crippen molar-refractivity contribution in [3.05, 3.63) is 30.3 Å². The summed E-state index contributed by atoms with van der Waals surface area (Å²) in [6.07, 6.45) is 5.92. The van der Waals surface area contributed by atoms with Crippen molar-refractivity contribution in [2.75, 3.05) is 13.7 Å². The van der Waals surface area contributed by atoms with Gasteiger partial charge in [0.05, 0.1) is 13.0 Å². The van der Waals surface area contributed by atoms with E-state index in [-0.39, 0.29) is 11.9 Å². The molecule has 1 saturated carbocycles. The fraction of sp³-hybridized carbons (Fsp3) is 0.562. The van der Waals surface area contributed by atoms with Gasteiger partial charge in [-0.2, -0.15) is 0 Å². The predicted molar refractivity (Wildman–Crippen MR) is 74.0 cm³/mol. The number of benzene rings is 1. The minimum atomic E-state index is -0.136. The fourth-order valence-corrected chi connectivity index (χ4v) is 2.79. The van der Waals surface area contributed by atoms with Gasteiger partial charge in [0.1, 0.15) is 12.4 Å². The summed E-state index contributed by atoms with van der Waals surface area (Å²) < 4.78 is 10.7. The van der Waals surface area contributed by atoms with E-state index in [0.717, 1.165) is 18.6 Å². The van der Waals surface area contributed by atoms with Gasteiger partial charge in [0.25, 0.3) is 0 Å². The summed E-state index contributed by atoms with van der Waals surface area (Å²) in [4.78, 5) is 11.9. The Hall–Kier alpha value is -1.51. The van der Waals surface area contributed by atoms with E-state index in [2.05, 4.69) is 0 Å². The molecule has 0 N–H and O–H groups in total. The number of hydrogen-bond donors (Lipinski definition) is 0. The Kier molecular flexibility index (Phi) is 5.25. The fourth-order valence-electron chi connectivity index (χ4n) is 2.79. The lowest BCUT2D eigenvalue weighted by Gasteiger charge is -2.28. The van der Waals surface area contributed by atoms with E-state index >= 15 is 0 Å². The van der Waals surface area contributed by atoms with Crippen molar-refractivity contribution >= 4 is 5.97 Å². The lowest BCUT2D eigenvalue weighted by atomic mass is 9.80. The average molecular weight is 262 g/mol. The monoisotopic (exact) mass is 262 g/mol. The first-order valence-corrected chi connectivity index (χ1v) is 7.07. The minimum absolute atomic E-state index is 0.134. The molecule has 3 heteroatoms. The highest BCUT2D eigenvalue weighted by molar-refractivity contribution is 5.72. The van der Waals surface area contributed by atoms with Crippen LogP contribution in [0.3, 0.4) is 0 Å². The van der Waals surface area contributed by atoms with Gasteiger partial charge in [0.15, 0.2) is 0 Å². The average Bonchev–Trinajstić information content (AvgIpc) is 2.49. The van der Waals surface area contributed by atoms with Gasteiger partial charge in [0.2, 0.25) is 0 Å². The lowest BCUT2D eigenvalue weighted by molar-refractivity contribution is -0.149. The molecule has 0 saturated heterocycles. The molecule has 2 rings (SSSR count). The zero-order chi connectivity index (χ0) is 13.5. The smallest absolute Gasteiger partial charge is 0.312 e. The van der Waals surface area contributed by atoms with Crippen molar-refractivity contribution in [3.63, 3.8) is 0 Å². The first-order chi connectivity index (χ1) is 9.31. The number of rotatable bonds is 5. The van der Waals surface area contributed by atoms with Gasteiger partial charge in [-0.05, 0) is 30.9 Å². The van der Waals surface area contributed by atoms with Crippen molar-refractivity contribution < 1.29 is 14.3 Å². The van der Waals surface area contributed by atoms with Crippen molar-refractivity contribution in [1.29, 1.82) is 0 Å². The normalized spacial score (nSPS) is 17.7. The molecule has 0 radical (unpaired) electrons. The zero-order valence-corrected chi connectivity index (χ0v) is 11.5. The van der Waals surface area contributed by atoms with Crippen LogP contribution >= 0.6 is 0 Å². The Bertz CT molecular complexity index is 382. The number of carbonyl (C=O) groups is 1. The molecule has 1 fully saturated rings. The first-order valence-electron chi connectivity index (χ1n) is 7.07. The first kappa shape index (κ1) is 13.9. The number of hydrogen-bond acceptors (Lipinski definition) is 3. The van der Waals surface area contributed by atoms with Crippen molar-refractivity contribution in [2.45, 2.75) is 32.1 Å². The van der Waals surface area contributed by atoms with E-state index < -0.39 is 0 Å². The summed E-state index contributed by atoms with van der Waals surface area (Å²) in [6, 6.07) is 9.64. The largest absolute Gasteiger partial charge is 0.493 e. The number of para-hydroxylation sites is 1. The molecule has 104 valence electrons. The topological polar surface area (TPSA) is 35.5 Å². The van der Waals surface area contributed by atoms with Crippen LogP contribution in [0.5, 0.6) is 5.75 Å². The Labute approximate surface area is 114 Å². The van der Waals surface area contributed by atoms with E-state index in [1.807, 2.05) is 30.3 Å². The molecule has 1 aliphatic rings. The Morgan fingerprint density at radius 1 is 1.21 bits per heavy atom. The standard InChI is InChI=1S/C16H22O3/c1-18-16(17)15(13-8-4-2-5-9-13)12-19-14-10-6-3-7-11-14/h3,6-7,10-11,13,15H,2,4-5,8-9,12H2,1H3/t15-/m0/s1. The van der Waals surface area contributed by atoms with Gasteiger partial charge in [-0.15, -0.1) is 0 Å². The third-order valence-corrected chi connectivity index (χ3v) is 3.90. The summed E-state index contributed by atoms with van der Waals surface area (Å²) in [6.45, 7) is 0.418. The highest BCUT2D eigenvalue weighted by atomic mass is 16.5. The van der Waals surface area contributed by atoms with Crippen LogP contribution in [0.15, 0.2) is 30.3 Å². The SMILES string of the molecule is COC(=O)[C@@H](COc1ccccc1)C1CCCCC1. The summed E-state index contributed by atoms with van der Waals surface area (Å²) in [7, 11) is 1.46. The summed E-state index contributed by atoms with van der Waals surface area (Å²) >= 11 is 0. The van der Waals surface area contributed by atoms with Crippen LogP contribution < -0.4 is 4.74 Å². The van der Waals surface area contributed by atoms with Crippen LogP contribution in [-0.2, 0) is 9.53 Å². The molecule has 1 aliphatic carbocycles. The minimum Gasteiger partial charge on any atom is -0.493 e. The van der Waals surface area contributed by atoms with Crippen LogP contribution in [0.25, 0.3) is 0 Å². The summed E-state index contributed by atoms with van der Waals surface area (Å²) in [5.41, 5.74) is 0. The molecule has 0 heterocycles. The third-order valence-electron chi connectivity index (χ3n) is 3.90. The summed E-state index contributed by atoms with van der Waals surface area (Å²) in [5, 5.41) is 0. The van der Waals surface area contributed by atoms with Gasteiger partial charge in [-0.1, -0.05) is 37.5 Å². The van der Waals surface area contributed by atoms with E-state index in [0.29, 0.717) is 12.5 Å². The molecule has 0 aromatic heterocycles. The second kappa shape index (κ2) is 7.17. The quantitative estimate of drug-likeness (QED) is 0.763. The zero-order valence-electron chi connectivity index (χ0n) is 11.5. The van der Waals surface area contributed by atoms with Gasteiger partial charge >= 0.3 is 5.97 Å². The van der Waals surface area contributed by atoms with Crippen molar-refractivity contribution in [3.8, 4) is 5.75 Å². The van der Waals surface area contributed by atoms with Crippen LogP contribution in [0.2, 0.25) is 0 Å². The maximum Gasteiger partial charge on any atom is 0.312 e. The van der Waals surface area contributed by atoms with E-state index in [9.17, 15) is 4.79 Å². The lowest BCUT2D eigenvalue weighted by Crippen LogP contribution is -2.31. The molecular formula is C16H22O3. The van der Waals surface area contributed by atoms with E-state index in [4.69, 9.17) is 9.47 Å². The van der Waals surface area contributed by atoms with Crippen LogP contribution in [0, 0.1) is 11.8 Å². The Balaban J connectivity index is 1.95. The number of methoxy groups -OCH3 is 1. The highest BCUT2D eigenvalue weighted by Gasteiger charge is 2.30. The van der Waals surface area contributed by atoms with E-state index in [1.54, 1.807) is 0 Å². The van der Waals surface area contributed by atoms with Crippen LogP contribution in [0.4, 0.5) is 0 Å². The third kappa shape index (κ3) is 3.98. The Morgan fingerprint density at radius 2 is 1.89 bits per heavy atom. The molecule has 1 aromatic carbocycles. The maximum absolute atomic E-state index is 11.9. The van der Waals surface area contributed by atoms with E-state index in [1.165, 1.54) is 26.4 Å². The highest BCUT2D eigenvalue weighted by Crippen LogP contribution is 2.31. The number of esters is 1. The maximum atomic E-state index is 11.9. The van der Waals surface area contributed by atoms with Crippen LogP contribution in [0.1, 0.15) is 32.1 Å². The molecule has 0 unspecified atom stereocenters. The molecule has 0 amide bonds. The summed E-state index contributed by atoms with van der Waals surface area (Å²) in [5.74, 6) is 0.950. The molecule has 1 aromatic rings. The van der Waals surface area contributed by atoms with Gasteiger partial charge in [-0.3, -0.25) is 4.79 Å². The van der Waals surface area contributed by atoms with Gasteiger partial charge < -0.3 is 9.47 Å². The molecular weight excluding hydrogens is 240 g/mol. The van der Waals surface area contributed by atoms with Crippen LogP contribution in [-0.4, -0.2) is 19.7 Å². The van der Waals surface area contributed by atoms with Crippen molar-refractivity contribution in [2.24, 2.45) is 11.8 Å². The Morgan fingerprint density at radius 3 is 2.53 bits per heavy atom. The van der Waals surface area contributed by atoms with Gasteiger partial charge in [0, 0.05) is 0 Å². The van der Waals surface area contributed by atoms with Gasteiger partial charge in [-0.25, -0.2) is 0 Å². The molecule has 3 nitrogen and oxygen atoms in total. The molecule has 0 aliphatic heterocycles. The molecule has 1 atom stereocenters. The predicted octanol–water partition coefficient (Wildman–Crippen LogP) is 3.43.